The normalized spacial score (nSPS) is 14.4. The van der Waals surface area contributed by atoms with Crippen molar-refractivity contribution in [3.05, 3.63) is 95.3 Å². The highest BCUT2D eigenvalue weighted by atomic mass is 32.2. The van der Waals surface area contributed by atoms with Gasteiger partial charge in [-0.2, -0.15) is 0 Å². The summed E-state index contributed by atoms with van der Waals surface area (Å²) >= 11 is 0. The number of hydrogen-bond donors (Lipinski definition) is 1. The molecule has 1 aliphatic rings. The number of nitrogens with one attached hydrogen (secondary N) is 1. The molecule has 3 aromatic rings. The number of carbonyl (C=O) groups is 1. The molecular formula is C26H29N3O3S. The molecule has 1 fully saturated rings. The summed E-state index contributed by atoms with van der Waals surface area (Å²) in [4.78, 5) is 19.1. The van der Waals surface area contributed by atoms with Gasteiger partial charge in [0.05, 0.1) is 4.90 Å². The SMILES string of the molecule is O=C(Cc1ccncc1)c1ccc(Cc2cccc(S(=O)(=O)NCCN3CCCC3)c2)cc1. The Kier molecular flexibility index (Phi) is 7.65. The molecule has 33 heavy (non-hydrogen) atoms. The largest absolute Gasteiger partial charge is 0.302 e. The Morgan fingerprint density at radius 2 is 1.64 bits per heavy atom. The molecule has 0 atom stereocenters. The van der Waals surface area contributed by atoms with Crippen LogP contribution in [0.3, 0.4) is 0 Å². The molecule has 0 unspecified atom stereocenters. The van der Waals surface area contributed by atoms with Gasteiger partial charge in [-0.05, 0) is 73.3 Å². The van der Waals surface area contributed by atoms with Crippen LogP contribution in [0.1, 0.15) is 39.9 Å². The number of nitrogens with zero attached hydrogens (tertiary/aromatic N) is 2. The van der Waals surface area contributed by atoms with E-state index < -0.39 is 10.0 Å². The molecule has 7 heteroatoms. The van der Waals surface area contributed by atoms with E-state index >= 15 is 0 Å². The lowest BCUT2D eigenvalue weighted by molar-refractivity contribution is 0.0993. The highest BCUT2D eigenvalue weighted by Gasteiger charge is 2.16. The molecule has 0 amide bonds. The third-order valence-electron chi connectivity index (χ3n) is 5.93. The van der Waals surface area contributed by atoms with Crippen molar-refractivity contribution in [2.45, 2.75) is 30.6 Å². The first-order chi connectivity index (χ1) is 16.0. The lowest BCUT2D eigenvalue weighted by atomic mass is 10.00. The summed E-state index contributed by atoms with van der Waals surface area (Å²) < 4.78 is 28.1. The lowest BCUT2D eigenvalue weighted by Crippen LogP contribution is -2.33. The molecular weight excluding hydrogens is 434 g/mol. The zero-order valence-electron chi connectivity index (χ0n) is 18.6. The van der Waals surface area contributed by atoms with Crippen molar-refractivity contribution in [1.29, 1.82) is 0 Å². The Morgan fingerprint density at radius 3 is 2.36 bits per heavy atom. The number of rotatable bonds is 10. The minimum absolute atomic E-state index is 0.0563. The molecule has 2 aromatic carbocycles. The van der Waals surface area contributed by atoms with Crippen molar-refractivity contribution in [2.75, 3.05) is 26.2 Å². The summed E-state index contributed by atoms with van der Waals surface area (Å²) in [5.74, 6) is 0.0563. The highest BCUT2D eigenvalue weighted by Crippen LogP contribution is 2.17. The minimum atomic E-state index is -3.54. The highest BCUT2D eigenvalue weighted by molar-refractivity contribution is 7.89. The van der Waals surface area contributed by atoms with Crippen LogP contribution in [0.5, 0.6) is 0 Å². The zero-order chi connectivity index (χ0) is 23.1. The maximum Gasteiger partial charge on any atom is 0.240 e. The summed E-state index contributed by atoms with van der Waals surface area (Å²) in [5, 5.41) is 0. The fourth-order valence-electron chi connectivity index (χ4n) is 4.08. The van der Waals surface area contributed by atoms with Crippen LogP contribution in [0, 0.1) is 0 Å². The van der Waals surface area contributed by atoms with Crippen LogP contribution in [0.2, 0.25) is 0 Å². The van der Waals surface area contributed by atoms with E-state index in [1.165, 1.54) is 12.8 Å². The van der Waals surface area contributed by atoms with Gasteiger partial charge in [0.1, 0.15) is 0 Å². The van der Waals surface area contributed by atoms with Gasteiger partial charge in [-0.1, -0.05) is 36.4 Å². The predicted molar refractivity (Wildman–Crippen MR) is 129 cm³/mol. The number of hydrogen-bond acceptors (Lipinski definition) is 5. The fraction of sp³-hybridized carbons (Fsp3) is 0.308. The molecule has 2 heterocycles. The third kappa shape index (κ3) is 6.57. The van der Waals surface area contributed by atoms with E-state index in [2.05, 4.69) is 14.6 Å². The number of sulfonamides is 1. The van der Waals surface area contributed by atoms with Crippen molar-refractivity contribution < 1.29 is 13.2 Å². The molecule has 0 radical (unpaired) electrons. The van der Waals surface area contributed by atoms with E-state index in [0.717, 1.165) is 36.3 Å². The standard InChI is InChI=1S/C26H29N3O3S/c30-26(20-22-10-12-27-13-11-22)24-8-6-21(7-9-24)18-23-4-3-5-25(19-23)33(31,32)28-14-17-29-15-1-2-16-29/h3-13,19,28H,1-2,14-18,20H2. The maximum absolute atomic E-state index is 12.7. The smallest absolute Gasteiger partial charge is 0.240 e. The second-order valence-electron chi connectivity index (χ2n) is 8.42. The van der Waals surface area contributed by atoms with Crippen LogP contribution in [-0.2, 0) is 22.9 Å². The van der Waals surface area contributed by atoms with Gasteiger partial charge >= 0.3 is 0 Å². The Bertz CT molecular complexity index is 1170. The van der Waals surface area contributed by atoms with Gasteiger partial charge in [-0.15, -0.1) is 0 Å². The summed E-state index contributed by atoms with van der Waals surface area (Å²) in [7, 11) is -3.54. The number of carbonyl (C=O) groups excluding carboxylic acids is 1. The van der Waals surface area contributed by atoms with Crippen LogP contribution < -0.4 is 4.72 Å². The topological polar surface area (TPSA) is 79.4 Å². The van der Waals surface area contributed by atoms with Crippen LogP contribution in [0.25, 0.3) is 0 Å². The van der Waals surface area contributed by atoms with E-state index in [1.807, 2.05) is 42.5 Å². The van der Waals surface area contributed by atoms with Crippen LogP contribution in [0.15, 0.2) is 78.0 Å². The number of aromatic nitrogens is 1. The van der Waals surface area contributed by atoms with Crippen molar-refractivity contribution >= 4 is 15.8 Å². The molecule has 1 N–H and O–H groups in total. The summed E-state index contributed by atoms with van der Waals surface area (Å²) in [6.07, 6.45) is 6.68. The van der Waals surface area contributed by atoms with E-state index in [0.29, 0.717) is 24.9 Å². The van der Waals surface area contributed by atoms with E-state index in [9.17, 15) is 13.2 Å². The minimum Gasteiger partial charge on any atom is -0.302 e. The predicted octanol–water partition coefficient (Wildman–Crippen LogP) is 3.47. The van der Waals surface area contributed by atoms with Crippen molar-refractivity contribution in [3.63, 3.8) is 0 Å². The average molecular weight is 464 g/mol. The molecule has 172 valence electrons. The molecule has 4 rings (SSSR count). The number of Topliss-reactive ketones (excluding diaryl/α,β-unsaturated/α-hetero) is 1. The second-order valence-corrected chi connectivity index (χ2v) is 10.2. The monoisotopic (exact) mass is 463 g/mol. The Morgan fingerprint density at radius 1 is 0.909 bits per heavy atom. The van der Waals surface area contributed by atoms with Crippen LogP contribution in [0.4, 0.5) is 0 Å². The molecule has 1 aromatic heterocycles. The molecule has 1 aliphatic heterocycles. The van der Waals surface area contributed by atoms with Crippen LogP contribution in [-0.4, -0.2) is 50.3 Å². The van der Waals surface area contributed by atoms with Gasteiger partial charge in [0.2, 0.25) is 10.0 Å². The Hall–Kier alpha value is -2.87. The molecule has 0 bridgehead atoms. The number of likely N-dealkylation sites (tertiary alicyclic amines) is 1. The molecule has 1 saturated heterocycles. The van der Waals surface area contributed by atoms with Gasteiger partial charge in [-0.25, -0.2) is 13.1 Å². The van der Waals surface area contributed by atoms with Gasteiger partial charge in [0.25, 0.3) is 0 Å². The number of ketones is 1. The summed E-state index contributed by atoms with van der Waals surface area (Å²) in [5.41, 5.74) is 3.53. The van der Waals surface area contributed by atoms with Gasteiger partial charge in [-0.3, -0.25) is 9.78 Å². The first-order valence-corrected chi connectivity index (χ1v) is 12.8. The fourth-order valence-corrected chi connectivity index (χ4v) is 5.17. The number of benzene rings is 2. The zero-order valence-corrected chi connectivity index (χ0v) is 19.4. The quantitative estimate of drug-likeness (QED) is 0.466. The van der Waals surface area contributed by atoms with Crippen molar-refractivity contribution in [3.8, 4) is 0 Å². The van der Waals surface area contributed by atoms with Crippen molar-refractivity contribution in [1.82, 2.24) is 14.6 Å². The number of pyridine rings is 1. The molecule has 0 aliphatic carbocycles. The third-order valence-corrected chi connectivity index (χ3v) is 7.38. The molecule has 0 spiro atoms. The van der Waals surface area contributed by atoms with E-state index in [1.54, 1.807) is 30.6 Å². The van der Waals surface area contributed by atoms with Gasteiger partial charge in [0.15, 0.2) is 5.78 Å². The maximum atomic E-state index is 12.7. The Labute approximate surface area is 195 Å². The van der Waals surface area contributed by atoms with Gasteiger partial charge < -0.3 is 4.90 Å². The van der Waals surface area contributed by atoms with E-state index in [-0.39, 0.29) is 10.7 Å². The summed E-state index contributed by atoms with van der Waals surface area (Å²) in [6.45, 7) is 3.25. The summed E-state index contributed by atoms with van der Waals surface area (Å²) in [6, 6.07) is 18.2. The van der Waals surface area contributed by atoms with Crippen molar-refractivity contribution in [2.24, 2.45) is 0 Å². The second kappa shape index (κ2) is 10.8. The first-order valence-electron chi connectivity index (χ1n) is 11.3. The molecule has 0 saturated carbocycles. The first kappa shape index (κ1) is 23.3. The van der Waals surface area contributed by atoms with Crippen LogP contribution >= 0.6 is 0 Å². The van der Waals surface area contributed by atoms with Gasteiger partial charge in [0, 0.05) is 37.5 Å². The molecule has 6 nitrogen and oxygen atoms in total. The lowest BCUT2D eigenvalue weighted by Gasteiger charge is -2.15. The Balaban J connectivity index is 1.36. The average Bonchev–Trinajstić information content (AvgIpc) is 3.34. The van der Waals surface area contributed by atoms with E-state index in [4.69, 9.17) is 0 Å².